The zero-order valence-corrected chi connectivity index (χ0v) is 18.3. The summed E-state index contributed by atoms with van der Waals surface area (Å²) in [4.78, 5) is 28.2. The Labute approximate surface area is 179 Å². The fraction of sp³-hybridized carbons (Fsp3) is 0.391. The summed E-state index contributed by atoms with van der Waals surface area (Å²) in [5.74, 6) is 0.180. The van der Waals surface area contributed by atoms with Gasteiger partial charge in [0.25, 0.3) is 5.91 Å². The van der Waals surface area contributed by atoms with Gasteiger partial charge in [0.05, 0.1) is 0 Å². The van der Waals surface area contributed by atoms with Gasteiger partial charge in [0, 0.05) is 21.8 Å². The Balaban J connectivity index is 1.81. The van der Waals surface area contributed by atoms with Crippen LogP contribution in [0.2, 0.25) is 0 Å². The van der Waals surface area contributed by atoms with Crippen molar-refractivity contribution in [3.63, 3.8) is 0 Å². The van der Waals surface area contributed by atoms with Crippen molar-refractivity contribution < 1.29 is 14.3 Å². The number of nitrogens with one attached hydrogen (secondary N) is 1. The van der Waals surface area contributed by atoms with Crippen LogP contribution in [0, 0.1) is 13.8 Å². The maximum Gasteiger partial charge on any atom is 0.265 e. The Kier molecular flexibility index (Phi) is 5.63. The molecule has 4 rings (SSSR count). The SMILES string of the molecule is Cc1ccc(N2C(=O)COc3ccc(Br)cc3C2C(=O)NC2CCCC2)cc1C. The van der Waals surface area contributed by atoms with Crippen LogP contribution in [0.5, 0.6) is 5.75 Å². The maximum atomic E-state index is 13.5. The number of rotatable bonds is 3. The van der Waals surface area contributed by atoms with Crippen molar-refractivity contribution in [1.29, 1.82) is 0 Å². The van der Waals surface area contributed by atoms with Gasteiger partial charge in [-0.25, -0.2) is 0 Å². The van der Waals surface area contributed by atoms with Crippen molar-refractivity contribution in [2.24, 2.45) is 0 Å². The first kappa shape index (κ1) is 20.0. The molecule has 2 aliphatic rings. The first-order valence-electron chi connectivity index (χ1n) is 10.1. The number of fused-ring (bicyclic) bond motifs is 1. The largest absolute Gasteiger partial charge is 0.483 e. The Morgan fingerprint density at radius 1 is 1.10 bits per heavy atom. The minimum atomic E-state index is -0.778. The van der Waals surface area contributed by atoms with Crippen molar-refractivity contribution in [3.05, 3.63) is 57.6 Å². The molecule has 0 bridgehead atoms. The number of hydrogen-bond donors (Lipinski definition) is 1. The first-order chi connectivity index (χ1) is 13.9. The topological polar surface area (TPSA) is 58.6 Å². The Bertz CT molecular complexity index is 953. The fourth-order valence-electron chi connectivity index (χ4n) is 4.13. The summed E-state index contributed by atoms with van der Waals surface area (Å²) in [5, 5.41) is 3.18. The van der Waals surface area contributed by atoms with Crippen molar-refractivity contribution in [3.8, 4) is 5.75 Å². The highest BCUT2D eigenvalue weighted by Gasteiger charge is 2.38. The molecule has 0 aromatic heterocycles. The van der Waals surface area contributed by atoms with E-state index in [0.29, 0.717) is 17.0 Å². The molecule has 1 saturated carbocycles. The predicted molar refractivity (Wildman–Crippen MR) is 116 cm³/mol. The van der Waals surface area contributed by atoms with Gasteiger partial charge in [-0.1, -0.05) is 34.8 Å². The van der Waals surface area contributed by atoms with Crippen LogP contribution in [-0.4, -0.2) is 24.5 Å². The second kappa shape index (κ2) is 8.19. The highest BCUT2D eigenvalue weighted by Crippen LogP contribution is 2.38. The number of nitrogens with zero attached hydrogens (tertiary/aromatic N) is 1. The number of halogens is 1. The number of ether oxygens (including phenoxy) is 1. The summed E-state index contributed by atoms with van der Waals surface area (Å²) in [6.45, 7) is 3.94. The summed E-state index contributed by atoms with van der Waals surface area (Å²) in [5.41, 5.74) is 3.62. The number of benzene rings is 2. The van der Waals surface area contributed by atoms with Gasteiger partial charge in [-0.15, -0.1) is 0 Å². The van der Waals surface area contributed by atoms with E-state index >= 15 is 0 Å². The maximum absolute atomic E-state index is 13.5. The Hall–Kier alpha value is -2.34. The van der Waals surface area contributed by atoms with E-state index in [1.54, 1.807) is 4.90 Å². The predicted octanol–water partition coefficient (Wildman–Crippen LogP) is 4.59. The molecule has 29 heavy (non-hydrogen) atoms. The van der Waals surface area contributed by atoms with E-state index < -0.39 is 6.04 Å². The van der Waals surface area contributed by atoms with Crippen molar-refractivity contribution in [2.45, 2.75) is 51.6 Å². The lowest BCUT2D eigenvalue weighted by atomic mass is 10.0. The van der Waals surface area contributed by atoms with Crippen LogP contribution in [-0.2, 0) is 9.59 Å². The number of aryl methyl sites for hydroxylation is 2. The molecule has 2 aromatic carbocycles. The summed E-state index contributed by atoms with van der Waals surface area (Å²) >= 11 is 3.50. The second-order valence-electron chi connectivity index (χ2n) is 7.90. The van der Waals surface area contributed by atoms with E-state index in [1.165, 1.54) is 0 Å². The standard InChI is InChI=1S/C23H25BrN2O3/c1-14-7-9-18(11-15(14)2)26-21(27)13-29-20-10-8-16(24)12-19(20)22(26)23(28)25-17-5-3-4-6-17/h7-12,17,22H,3-6,13H2,1-2H3,(H,25,28). The summed E-state index contributed by atoms with van der Waals surface area (Å²) in [7, 11) is 0. The molecule has 1 aliphatic heterocycles. The van der Waals surface area contributed by atoms with E-state index in [2.05, 4.69) is 21.2 Å². The van der Waals surface area contributed by atoms with Crippen molar-refractivity contribution in [2.75, 3.05) is 11.5 Å². The molecule has 1 unspecified atom stereocenters. The zero-order chi connectivity index (χ0) is 20.5. The molecule has 1 heterocycles. The van der Waals surface area contributed by atoms with E-state index in [9.17, 15) is 9.59 Å². The Morgan fingerprint density at radius 2 is 1.86 bits per heavy atom. The first-order valence-corrected chi connectivity index (χ1v) is 10.9. The van der Waals surface area contributed by atoms with E-state index in [0.717, 1.165) is 41.3 Å². The molecule has 0 radical (unpaired) electrons. The molecule has 1 aliphatic carbocycles. The molecule has 5 nitrogen and oxygen atoms in total. The van der Waals surface area contributed by atoms with Gasteiger partial charge in [-0.2, -0.15) is 0 Å². The van der Waals surface area contributed by atoms with Gasteiger partial charge in [0.15, 0.2) is 6.61 Å². The molecule has 1 atom stereocenters. The van der Waals surface area contributed by atoms with Crippen LogP contribution < -0.4 is 15.0 Å². The van der Waals surface area contributed by atoms with Gasteiger partial charge < -0.3 is 10.1 Å². The average molecular weight is 457 g/mol. The molecule has 6 heteroatoms. The highest BCUT2D eigenvalue weighted by atomic mass is 79.9. The molecule has 2 amide bonds. The molecule has 2 aromatic rings. The molecular formula is C23H25BrN2O3. The van der Waals surface area contributed by atoms with Crippen molar-refractivity contribution >= 4 is 33.4 Å². The highest BCUT2D eigenvalue weighted by molar-refractivity contribution is 9.10. The van der Waals surface area contributed by atoms with Crippen LogP contribution in [0.15, 0.2) is 40.9 Å². The molecule has 0 saturated heterocycles. The smallest absolute Gasteiger partial charge is 0.265 e. The van der Waals surface area contributed by atoms with Crippen LogP contribution in [0.25, 0.3) is 0 Å². The molecule has 1 N–H and O–H groups in total. The van der Waals surface area contributed by atoms with E-state index in [4.69, 9.17) is 4.74 Å². The number of hydrogen-bond acceptors (Lipinski definition) is 3. The van der Waals surface area contributed by atoms with Gasteiger partial charge in [-0.05, 0) is 68.1 Å². The number of anilines is 1. The number of carbonyl (C=O) groups excluding carboxylic acids is 2. The third kappa shape index (κ3) is 4.04. The third-order valence-electron chi connectivity index (χ3n) is 5.86. The summed E-state index contributed by atoms with van der Waals surface area (Å²) in [6.07, 6.45) is 4.22. The lowest BCUT2D eigenvalue weighted by molar-refractivity contribution is -0.127. The van der Waals surface area contributed by atoms with E-state index in [1.807, 2.05) is 50.2 Å². The number of carbonyl (C=O) groups is 2. The second-order valence-corrected chi connectivity index (χ2v) is 8.81. The minimum absolute atomic E-state index is 0.102. The van der Waals surface area contributed by atoms with Gasteiger partial charge in [-0.3, -0.25) is 14.5 Å². The average Bonchev–Trinajstić information content (AvgIpc) is 3.15. The normalized spacial score (nSPS) is 19.5. The van der Waals surface area contributed by atoms with Crippen molar-refractivity contribution in [1.82, 2.24) is 5.32 Å². The van der Waals surface area contributed by atoms with Gasteiger partial charge >= 0.3 is 0 Å². The monoisotopic (exact) mass is 456 g/mol. The van der Waals surface area contributed by atoms with E-state index in [-0.39, 0.29) is 24.5 Å². The van der Waals surface area contributed by atoms with Crippen LogP contribution in [0.3, 0.4) is 0 Å². The summed E-state index contributed by atoms with van der Waals surface area (Å²) < 4.78 is 6.62. The lowest BCUT2D eigenvalue weighted by Gasteiger charge is -2.31. The minimum Gasteiger partial charge on any atom is -0.483 e. The van der Waals surface area contributed by atoms with Crippen LogP contribution in [0.1, 0.15) is 48.4 Å². The molecule has 1 fully saturated rings. The zero-order valence-electron chi connectivity index (χ0n) is 16.7. The third-order valence-corrected chi connectivity index (χ3v) is 6.36. The van der Waals surface area contributed by atoms with Gasteiger partial charge in [0.2, 0.25) is 5.91 Å². The lowest BCUT2D eigenvalue weighted by Crippen LogP contribution is -2.46. The molecule has 0 spiro atoms. The quantitative estimate of drug-likeness (QED) is 0.734. The Morgan fingerprint density at radius 3 is 2.59 bits per heavy atom. The summed E-state index contributed by atoms with van der Waals surface area (Å²) in [6, 6.07) is 10.8. The van der Waals surface area contributed by atoms with Crippen LogP contribution in [0.4, 0.5) is 5.69 Å². The van der Waals surface area contributed by atoms with Crippen LogP contribution >= 0.6 is 15.9 Å². The molecular weight excluding hydrogens is 432 g/mol. The molecule has 152 valence electrons. The van der Waals surface area contributed by atoms with Gasteiger partial charge in [0.1, 0.15) is 11.8 Å². The number of amides is 2. The fourth-order valence-corrected chi connectivity index (χ4v) is 4.51.